The first-order valence-corrected chi connectivity index (χ1v) is 6.60. The third-order valence-corrected chi connectivity index (χ3v) is 3.44. The van der Waals surface area contributed by atoms with Crippen LogP contribution in [0.25, 0.3) is 0 Å². The first-order chi connectivity index (χ1) is 9.61. The van der Waals surface area contributed by atoms with Crippen LogP contribution in [0, 0.1) is 0 Å². The van der Waals surface area contributed by atoms with Crippen LogP contribution < -0.4 is 16.0 Å². The molecule has 1 saturated heterocycles. The van der Waals surface area contributed by atoms with Gasteiger partial charge in [-0.05, 0) is 30.2 Å². The summed E-state index contributed by atoms with van der Waals surface area (Å²) in [5.74, 6) is -0.143. The zero-order valence-corrected chi connectivity index (χ0v) is 11.7. The lowest BCUT2D eigenvalue weighted by Gasteiger charge is -2.21. The number of carbonyl (C=O) groups excluding carboxylic acids is 2. The number of benzene rings is 1. The van der Waals surface area contributed by atoms with Crippen molar-refractivity contribution in [2.24, 2.45) is 0 Å². The van der Waals surface area contributed by atoms with Crippen molar-refractivity contribution in [3.63, 3.8) is 0 Å². The van der Waals surface area contributed by atoms with Gasteiger partial charge in [-0.1, -0.05) is 12.1 Å². The maximum absolute atomic E-state index is 11.9. The lowest BCUT2D eigenvalue weighted by molar-refractivity contribution is -0.117. The summed E-state index contributed by atoms with van der Waals surface area (Å²) in [4.78, 5) is 23.3. The summed E-state index contributed by atoms with van der Waals surface area (Å²) in [6.07, 6.45) is 0. The maximum Gasteiger partial charge on any atom is 0.251 e. The molecule has 0 aromatic heterocycles. The van der Waals surface area contributed by atoms with E-state index >= 15 is 0 Å². The Kier molecular flexibility index (Phi) is 4.53. The lowest BCUT2D eigenvalue weighted by atomic mass is 10.0. The van der Waals surface area contributed by atoms with Gasteiger partial charge in [-0.25, -0.2) is 0 Å². The first-order valence-electron chi connectivity index (χ1n) is 6.60. The van der Waals surface area contributed by atoms with Crippen molar-refractivity contribution in [2.75, 3.05) is 20.1 Å². The number of hydrogen-bond acceptors (Lipinski definition) is 3. The first kappa shape index (κ1) is 14.3. The standard InChI is InChI=1S/C15H19N3O2/c1-10(13-8-17-9-13)14(19)18-7-11-3-5-12(6-4-11)15(20)16-2/h3-6,17H,7-9H2,1-2H3,(H,16,20)(H,18,19). The molecule has 1 aliphatic rings. The van der Waals surface area contributed by atoms with Crippen molar-refractivity contribution in [1.29, 1.82) is 0 Å². The second kappa shape index (κ2) is 6.34. The molecule has 1 heterocycles. The van der Waals surface area contributed by atoms with Gasteiger partial charge in [-0.3, -0.25) is 9.59 Å². The van der Waals surface area contributed by atoms with Gasteiger partial charge in [0.25, 0.3) is 5.91 Å². The zero-order chi connectivity index (χ0) is 14.5. The normalized spacial score (nSPS) is 13.4. The fourth-order valence-corrected chi connectivity index (χ4v) is 1.91. The van der Waals surface area contributed by atoms with E-state index in [9.17, 15) is 9.59 Å². The minimum Gasteiger partial charge on any atom is -0.355 e. The largest absolute Gasteiger partial charge is 0.355 e. The summed E-state index contributed by atoms with van der Waals surface area (Å²) >= 11 is 0. The molecule has 0 saturated carbocycles. The molecule has 0 radical (unpaired) electrons. The van der Waals surface area contributed by atoms with Crippen LogP contribution in [-0.4, -0.2) is 32.0 Å². The van der Waals surface area contributed by atoms with E-state index in [4.69, 9.17) is 0 Å². The van der Waals surface area contributed by atoms with Crippen LogP contribution in [0.1, 0.15) is 22.8 Å². The highest BCUT2D eigenvalue weighted by atomic mass is 16.2. The van der Waals surface area contributed by atoms with Gasteiger partial charge in [0.05, 0.1) is 0 Å². The molecule has 106 valence electrons. The second-order valence-corrected chi connectivity index (χ2v) is 4.79. The van der Waals surface area contributed by atoms with E-state index in [-0.39, 0.29) is 11.8 Å². The van der Waals surface area contributed by atoms with Crippen molar-refractivity contribution in [1.82, 2.24) is 16.0 Å². The Labute approximate surface area is 118 Å². The van der Waals surface area contributed by atoms with Gasteiger partial charge in [0.15, 0.2) is 0 Å². The van der Waals surface area contributed by atoms with Crippen LogP contribution in [-0.2, 0) is 11.3 Å². The minimum atomic E-state index is -0.112. The lowest BCUT2D eigenvalue weighted by Crippen LogP contribution is -2.37. The van der Waals surface area contributed by atoms with Crippen LogP contribution in [0.3, 0.4) is 0 Å². The smallest absolute Gasteiger partial charge is 0.251 e. The highest BCUT2D eigenvalue weighted by Crippen LogP contribution is 2.09. The average Bonchev–Trinajstić information content (AvgIpc) is 2.42. The summed E-state index contributed by atoms with van der Waals surface area (Å²) < 4.78 is 0. The monoisotopic (exact) mass is 273 g/mol. The van der Waals surface area contributed by atoms with Crippen LogP contribution in [0.2, 0.25) is 0 Å². The predicted molar refractivity (Wildman–Crippen MR) is 77.2 cm³/mol. The van der Waals surface area contributed by atoms with Crippen LogP contribution in [0.5, 0.6) is 0 Å². The second-order valence-electron chi connectivity index (χ2n) is 4.79. The minimum absolute atomic E-state index is 0.0307. The Morgan fingerprint density at radius 3 is 2.35 bits per heavy atom. The van der Waals surface area contributed by atoms with Gasteiger partial charge < -0.3 is 16.0 Å². The van der Waals surface area contributed by atoms with Gasteiger partial charge in [0.2, 0.25) is 5.91 Å². The summed E-state index contributed by atoms with van der Waals surface area (Å²) in [7, 11) is 1.60. The van der Waals surface area contributed by atoms with Crippen molar-refractivity contribution in [2.45, 2.75) is 13.5 Å². The molecular formula is C15H19N3O2. The SMILES string of the molecule is CNC(=O)c1ccc(CNC(=O)C(C)=C2CNC2)cc1. The molecule has 1 aromatic rings. The molecule has 1 fully saturated rings. The number of hydrogen-bond donors (Lipinski definition) is 3. The quantitative estimate of drug-likeness (QED) is 0.703. The van der Waals surface area contributed by atoms with Gasteiger partial charge in [0, 0.05) is 37.8 Å². The van der Waals surface area contributed by atoms with E-state index in [0.29, 0.717) is 12.1 Å². The van der Waals surface area contributed by atoms with Crippen molar-refractivity contribution in [3.8, 4) is 0 Å². The summed E-state index contributed by atoms with van der Waals surface area (Å²) in [5, 5.41) is 8.57. The highest BCUT2D eigenvalue weighted by molar-refractivity contribution is 5.94. The summed E-state index contributed by atoms with van der Waals surface area (Å²) in [6, 6.07) is 7.19. The molecule has 1 aliphatic heterocycles. The van der Waals surface area contributed by atoms with Gasteiger partial charge in [0.1, 0.15) is 0 Å². The van der Waals surface area contributed by atoms with Gasteiger partial charge in [-0.2, -0.15) is 0 Å². The molecule has 1 aromatic carbocycles. The molecule has 3 N–H and O–H groups in total. The molecular weight excluding hydrogens is 254 g/mol. The molecule has 0 aliphatic carbocycles. The van der Waals surface area contributed by atoms with E-state index in [0.717, 1.165) is 29.8 Å². The third kappa shape index (κ3) is 3.24. The summed E-state index contributed by atoms with van der Waals surface area (Å²) in [5.41, 5.74) is 3.54. The average molecular weight is 273 g/mol. The number of rotatable bonds is 4. The topological polar surface area (TPSA) is 70.2 Å². The van der Waals surface area contributed by atoms with Crippen molar-refractivity contribution < 1.29 is 9.59 Å². The van der Waals surface area contributed by atoms with Crippen LogP contribution in [0.4, 0.5) is 0 Å². The predicted octanol–water partition coefficient (Wildman–Crippen LogP) is 0.582. The fourth-order valence-electron chi connectivity index (χ4n) is 1.91. The molecule has 20 heavy (non-hydrogen) atoms. The number of nitrogens with one attached hydrogen (secondary N) is 3. The number of carbonyl (C=O) groups is 2. The number of amides is 2. The van der Waals surface area contributed by atoms with Gasteiger partial charge in [-0.15, -0.1) is 0 Å². The van der Waals surface area contributed by atoms with Crippen LogP contribution in [0.15, 0.2) is 35.4 Å². The van der Waals surface area contributed by atoms with Crippen molar-refractivity contribution >= 4 is 11.8 Å². The van der Waals surface area contributed by atoms with Crippen LogP contribution >= 0.6 is 0 Å². The van der Waals surface area contributed by atoms with E-state index < -0.39 is 0 Å². The molecule has 0 unspecified atom stereocenters. The Hall–Kier alpha value is -2.14. The zero-order valence-electron chi connectivity index (χ0n) is 11.7. The third-order valence-electron chi connectivity index (χ3n) is 3.44. The van der Waals surface area contributed by atoms with Gasteiger partial charge >= 0.3 is 0 Å². The fraction of sp³-hybridized carbons (Fsp3) is 0.333. The Morgan fingerprint density at radius 2 is 1.85 bits per heavy atom. The van der Waals surface area contributed by atoms with E-state index in [1.165, 1.54) is 0 Å². The highest BCUT2D eigenvalue weighted by Gasteiger charge is 2.15. The molecule has 0 bridgehead atoms. The van der Waals surface area contributed by atoms with E-state index in [1.807, 2.05) is 19.1 Å². The molecule has 0 spiro atoms. The Balaban J connectivity index is 1.91. The van der Waals surface area contributed by atoms with Crippen molar-refractivity contribution in [3.05, 3.63) is 46.5 Å². The summed E-state index contributed by atoms with van der Waals surface area (Å²) in [6.45, 7) is 3.92. The molecule has 2 rings (SSSR count). The molecule has 5 nitrogen and oxygen atoms in total. The maximum atomic E-state index is 11.9. The van der Waals surface area contributed by atoms with E-state index in [1.54, 1.807) is 19.2 Å². The molecule has 2 amide bonds. The Bertz CT molecular complexity index is 541. The molecule has 0 atom stereocenters. The Morgan fingerprint density at radius 1 is 1.20 bits per heavy atom. The molecule has 5 heteroatoms. The van der Waals surface area contributed by atoms with E-state index in [2.05, 4.69) is 16.0 Å².